The van der Waals surface area contributed by atoms with E-state index in [0.29, 0.717) is 0 Å². The molecule has 1 N–H and O–H groups in total. The van der Waals surface area contributed by atoms with Crippen molar-refractivity contribution in [2.45, 2.75) is 12.5 Å². The molecule has 1 aliphatic heterocycles. The minimum atomic E-state index is -4.11. The Morgan fingerprint density at radius 3 is 2.50 bits per heavy atom. The molecule has 1 unspecified atom stereocenters. The molecule has 0 bridgehead atoms. The van der Waals surface area contributed by atoms with Crippen molar-refractivity contribution in [1.29, 1.82) is 0 Å². The van der Waals surface area contributed by atoms with E-state index in [1.165, 1.54) is 0 Å². The first kappa shape index (κ1) is 16.9. The van der Waals surface area contributed by atoms with Crippen molar-refractivity contribution < 1.29 is 36.3 Å². The molecule has 0 spiro atoms. The number of carbonyl (C=O) groups excluding carboxylic acids is 1. The number of carboxylic acid groups (broad SMARTS) is 1. The predicted molar refractivity (Wildman–Crippen MR) is 67.2 cm³/mol. The molecule has 0 aromatic heterocycles. The largest absolute Gasteiger partial charge is 0.481 e. The van der Waals surface area contributed by atoms with E-state index < -0.39 is 61.5 Å². The van der Waals surface area contributed by atoms with E-state index >= 15 is 0 Å². The monoisotopic (exact) mass is 329 g/mol. The van der Waals surface area contributed by atoms with Gasteiger partial charge in [0.1, 0.15) is 0 Å². The number of rotatable bonds is 5. The second-order valence-corrected chi connectivity index (χ2v) is 8.46. The van der Waals surface area contributed by atoms with Gasteiger partial charge in [-0.3, -0.25) is 9.59 Å². The van der Waals surface area contributed by atoms with Crippen LogP contribution < -0.4 is 0 Å². The number of ether oxygens (including phenoxy) is 1. The van der Waals surface area contributed by atoms with Crippen molar-refractivity contribution in [2.75, 3.05) is 30.9 Å². The van der Waals surface area contributed by atoms with Crippen molar-refractivity contribution in [3.05, 3.63) is 0 Å². The van der Waals surface area contributed by atoms with E-state index in [0.717, 1.165) is 11.4 Å². The topological polar surface area (TPSA) is 135 Å². The highest BCUT2D eigenvalue weighted by Crippen LogP contribution is 2.19. The minimum absolute atomic E-state index is 0.362. The molecule has 116 valence electrons. The Kier molecular flexibility index (Phi) is 5.10. The molecule has 1 aliphatic rings. The van der Waals surface area contributed by atoms with Crippen LogP contribution in [0.5, 0.6) is 0 Å². The van der Waals surface area contributed by atoms with E-state index in [-0.39, 0.29) is 6.54 Å². The Bertz CT molecular complexity index is 593. The lowest BCUT2D eigenvalue weighted by Gasteiger charge is -2.33. The van der Waals surface area contributed by atoms with Crippen molar-refractivity contribution in [3.8, 4) is 0 Å². The Balaban J connectivity index is 3.01. The molecular weight excluding hydrogens is 314 g/mol. The predicted octanol–water partition coefficient (Wildman–Crippen LogP) is -1.94. The highest BCUT2D eigenvalue weighted by molar-refractivity contribution is 7.92. The quantitative estimate of drug-likeness (QED) is 0.576. The van der Waals surface area contributed by atoms with Crippen LogP contribution in [0.15, 0.2) is 0 Å². The molecule has 1 rings (SSSR count). The van der Waals surface area contributed by atoms with Gasteiger partial charge >= 0.3 is 11.9 Å². The first-order valence-electron chi connectivity index (χ1n) is 5.56. The maximum atomic E-state index is 12.0. The van der Waals surface area contributed by atoms with Gasteiger partial charge in [0.05, 0.1) is 25.0 Å². The lowest BCUT2D eigenvalue weighted by atomic mass is 10.2. The fourth-order valence-corrected chi connectivity index (χ4v) is 5.18. The molecule has 1 fully saturated rings. The summed E-state index contributed by atoms with van der Waals surface area (Å²) in [6.45, 7) is -0.362. The number of carbonyl (C=O) groups is 2. The van der Waals surface area contributed by atoms with E-state index in [9.17, 15) is 26.4 Å². The average molecular weight is 329 g/mol. The molecule has 1 heterocycles. The van der Waals surface area contributed by atoms with E-state index in [1.807, 2.05) is 0 Å². The Labute approximate surface area is 116 Å². The SMILES string of the molecule is COC(=O)CS(=O)(=O)N1CCS(=O)(=O)CC1CC(=O)O. The molecular formula is C9H15NO8S2. The molecule has 20 heavy (non-hydrogen) atoms. The molecule has 1 saturated heterocycles. The first-order valence-corrected chi connectivity index (χ1v) is 8.99. The van der Waals surface area contributed by atoms with Gasteiger partial charge in [0.15, 0.2) is 15.6 Å². The summed E-state index contributed by atoms with van der Waals surface area (Å²) in [4.78, 5) is 21.8. The number of nitrogens with zero attached hydrogens (tertiary/aromatic N) is 1. The summed E-state index contributed by atoms with van der Waals surface area (Å²) in [7, 11) is -6.58. The van der Waals surface area contributed by atoms with Crippen LogP contribution in [0.25, 0.3) is 0 Å². The summed E-state index contributed by atoms with van der Waals surface area (Å²) < 4.78 is 52.0. The highest BCUT2D eigenvalue weighted by Gasteiger charge is 2.40. The Morgan fingerprint density at radius 1 is 1.40 bits per heavy atom. The summed E-state index contributed by atoms with van der Waals surface area (Å²) >= 11 is 0. The van der Waals surface area contributed by atoms with Gasteiger partial charge in [-0.05, 0) is 0 Å². The number of hydrogen-bond acceptors (Lipinski definition) is 7. The van der Waals surface area contributed by atoms with E-state index in [2.05, 4.69) is 4.74 Å². The molecule has 9 nitrogen and oxygen atoms in total. The number of esters is 1. The number of sulfone groups is 1. The zero-order chi connectivity index (χ0) is 15.6. The maximum absolute atomic E-state index is 12.0. The van der Waals surface area contributed by atoms with E-state index in [1.54, 1.807) is 0 Å². The van der Waals surface area contributed by atoms with Crippen molar-refractivity contribution in [3.63, 3.8) is 0 Å². The lowest BCUT2D eigenvalue weighted by molar-refractivity contribution is -0.138. The van der Waals surface area contributed by atoms with Crippen LogP contribution in [0.4, 0.5) is 0 Å². The number of methoxy groups -OCH3 is 1. The second-order valence-electron chi connectivity index (χ2n) is 4.31. The Hall–Kier alpha value is -1.20. The molecule has 0 radical (unpaired) electrons. The summed E-state index contributed by atoms with van der Waals surface area (Å²) in [6, 6.07) is -1.21. The normalized spacial score (nSPS) is 23.1. The van der Waals surface area contributed by atoms with Crippen molar-refractivity contribution >= 4 is 31.8 Å². The molecule has 0 aromatic rings. The van der Waals surface area contributed by atoms with Crippen LogP contribution in [0.1, 0.15) is 6.42 Å². The summed E-state index contributed by atoms with van der Waals surface area (Å²) in [5.41, 5.74) is 0. The van der Waals surface area contributed by atoms with Gasteiger partial charge in [-0.25, -0.2) is 16.8 Å². The third kappa shape index (κ3) is 4.42. The van der Waals surface area contributed by atoms with Gasteiger partial charge in [0, 0.05) is 12.6 Å². The molecule has 11 heteroatoms. The molecule has 0 saturated carbocycles. The fourth-order valence-electron chi connectivity index (χ4n) is 1.89. The highest BCUT2D eigenvalue weighted by atomic mass is 32.2. The van der Waals surface area contributed by atoms with Crippen LogP contribution in [-0.2, 0) is 34.2 Å². The van der Waals surface area contributed by atoms with Crippen LogP contribution in [0.3, 0.4) is 0 Å². The smallest absolute Gasteiger partial charge is 0.322 e. The average Bonchev–Trinajstić information content (AvgIpc) is 2.25. The number of aliphatic carboxylic acids is 1. The number of sulfonamides is 1. The van der Waals surface area contributed by atoms with E-state index in [4.69, 9.17) is 5.11 Å². The van der Waals surface area contributed by atoms with Gasteiger partial charge < -0.3 is 9.84 Å². The molecule has 0 amide bonds. The minimum Gasteiger partial charge on any atom is -0.481 e. The van der Waals surface area contributed by atoms with Crippen molar-refractivity contribution in [1.82, 2.24) is 4.31 Å². The van der Waals surface area contributed by atoms with Crippen molar-refractivity contribution in [2.24, 2.45) is 0 Å². The van der Waals surface area contributed by atoms with Crippen LogP contribution in [-0.4, -0.2) is 75.1 Å². The zero-order valence-electron chi connectivity index (χ0n) is 10.7. The zero-order valence-corrected chi connectivity index (χ0v) is 12.3. The third-order valence-corrected chi connectivity index (χ3v) is 6.26. The van der Waals surface area contributed by atoms with Crippen LogP contribution in [0, 0.1) is 0 Å². The summed E-state index contributed by atoms with van der Waals surface area (Å²) in [5, 5.41) is 8.74. The molecule has 1 atom stereocenters. The van der Waals surface area contributed by atoms with Gasteiger partial charge in [0.25, 0.3) is 0 Å². The number of hydrogen-bond donors (Lipinski definition) is 1. The first-order chi connectivity index (χ1) is 9.07. The summed E-state index contributed by atoms with van der Waals surface area (Å²) in [6.07, 6.45) is -0.639. The van der Waals surface area contributed by atoms with Crippen LogP contribution in [0.2, 0.25) is 0 Å². The van der Waals surface area contributed by atoms with Gasteiger partial charge in [0.2, 0.25) is 10.0 Å². The summed E-state index contributed by atoms with van der Waals surface area (Å²) in [5.74, 6) is -4.22. The molecule has 0 aliphatic carbocycles. The maximum Gasteiger partial charge on any atom is 0.322 e. The second kappa shape index (κ2) is 6.06. The standard InChI is InChI=1S/C9H15NO8S2/c1-18-9(13)6-20(16,17)10-2-3-19(14,15)5-7(10)4-8(11)12/h7H,2-6H2,1H3,(H,11,12). The lowest BCUT2D eigenvalue weighted by Crippen LogP contribution is -2.53. The van der Waals surface area contributed by atoms with Gasteiger partial charge in [-0.15, -0.1) is 0 Å². The third-order valence-electron chi connectivity index (χ3n) is 2.77. The fraction of sp³-hybridized carbons (Fsp3) is 0.778. The van der Waals surface area contributed by atoms with Gasteiger partial charge in [-0.2, -0.15) is 4.31 Å². The van der Waals surface area contributed by atoms with Gasteiger partial charge in [-0.1, -0.05) is 0 Å². The Morgan fingerprint density at radius 2 is 2.00 bits per heavy atom. The molecule has 0 aromatic carbocycles. The van der Waals surface area contributed by atoms with Crippen LogP contribution >= 0.6 is 0 Å². The number of carboxylic acids is 1.